The molecule has 1 aliphatic rings. The van der Waals surface area contributed by atoms with E-state index in [1.807, 2.05) is 24.4 Å². The number of fused-ring (bicyclic) bond motifs is 1. The van der Waals surface area contributed by atoms with Crippen LogP contribution in [-0.2, 0) is 19.9 Å². The Morgan fingerprint density at radius 1 is 1.17 bits per heavy atom. The largest absolute Gasteiger partial charge is 0.346 e. The summed E-state index contributed by atoms with van der Waals surface area (Å²) in [4.78, 5) is 7.12. The molecular weight excluding hydrogens is 434 g/mol. The van der Waals surface area contributed by atoms with Gasteiger partial charge < -0.3 is 4.98 Å². The van der Waals surface area contributed by atoms with Gasteiger partial charge in [-0.05, 0) is 42.3 Å². The van der Waals surface area contributed by atoms with Crippen LogP contribution in [0.4, 0.5) is 0 Å². The molecule has 0 bridgehead atoms. The Balaban J connectivity index is 1.66. The van der Waals surface area contributed by atoms with Gasteiger partial charge in [-0.1, -0.05) is 17.7 Å². The summed E-state index contributed by atoms with van der Waals surface area (Å²) in [6.07, 6.45) is 6.99. The Bertz CT molecular complexity index is 1340. The average molecular weight is 452 g/mol. The molecule has 0 unspecified atom stereocenters. The van der Waals surface area contributed by atoms with E-state index in [9.17, 15) is 16.8 Å². The number of hydrogen-bond donors (Lipinski definition) is 1. The van der Waals surface area contributed by atoms with E-state index >= 15 is 0 Å². The first kappa shape index (κ1) is 20.1. The van der Waals surface area contributed by atoms with E-state index in [0.717, 1.165) is 34.5 Å². The first-order valence-corrected chi connectivity index (χ1v) is 12.5. The second-order valence-electron chi connectivity index (χ2n) is 6.81. The minimum absolute atomic E-state index is 0.00474. The monoisotopic (exact) mass is 451 g/mol. The van der Waals surface area contributed by atoms with Gasteiger partial charge in [0.2, 0.25) is 10.0 Å². The molecule has 0 atom stereocenters. The molecule has 4 rings (SSSR count). The molecule has 10 heteroatoms. The zero-order valence-corrected chi connectivity index (χ0v) is 17.9. The summed E-state index contributed by atoms with van der Waals surface area (Å²) >= 11 is 6.10. The van der Waals surface area contributed by atoms with Crippen LogP contribution in [0.3, 0.4) is 0 Å². The maximum atomic E-state index is 13.1. The molecule has 1 aromatic carbocycles. The van der Waals surface area contributed by atoms with Crippen LogP contribution in [-0.4, -0.2) is 50.5 Å². The Kier molecular flexibility index (Phi) is 5.02. The van der Waals surface area contributed by atoms with Crippen molar-refractivity contribution in [1.29, 1.82) is 0 Å². The minimum atomic E-state index is -3.94. The van der Waals surface area contributed by atoms with E-state index in [4.69, 9.17) is 11.6 Å². The number of H-pyrrole nitrogens is 1. The summed E-state index contributed by atoms with van der Waals surface area (Å²) in [6, 6.07) is 7.55. The first-order valence-electron chi connectivity index (χ1n) is 8.79. The van der Waals surface area contributed by atoms with Crippen molar-refractivity contribution in [2.45, 2.75) is 16.2 Å². The van der Waals surface area contributed by atoms with E-state index in [2.05, 4.69) is 9.97 Å². The summed E-state index contributed by atoms with van der Waals surface area (Å²) in [6.45, 7) is 0.435. The molecule has 0 amide bonds. The normalized spacial score (nSPS) is 16.1. The van der Waals surface area contributed by atoms with Crippen molar-refractivity contribution < 1.29 is 16.8 Å². The van der Waals surface area contributed by atoms with Gasteiger partial charge in [-0.2, -0.15) is 4.31 Å². The first-order chi connectivity index (χ1) is 13.7. The van der Waals surface area contributed by atoms with Gasteiger partial charge >= 0.3 is 0 Å². The lowest BCUT2D eigenvalue weighted by molar-refractivity contribution is 0.441. The van der Waals surface area contributed by atoms with E-state index in [0.29, 0.717) is 6.42 Å². The lowest BCUT2D eigenvalue weighted by Gasteiger charge is -2.26. The highest BCUT2D eigenvalue weighted by molar-refractivity contribution is 7.91. The lowest BCUT2D eigenvalue weighted by Crippen LogP contribution is -2.35. The summed E-state index contributed by atoms with van der Waals surface area (Å²) in [5.41, 5.74) is 2.82. The molecule has 0 saturated carbocycles. The van der Waals surface area contributed by atoms with Crippen molar-refractivity contribution in [3.8, 4) is 0 Å². The highest BCUT2D eigenvalue weighted by Crippen LogP contribution is 2.32. The molecule has 3 heterocycles. The molecule has 0 aliphatic carbocycles. The SMILES string of the molecule is CS(=O)(=O)c1ccc(Cl)c(S(=O)(=O)N2CC=C(c3c[nH]c4ncccc34)CC2)c1. The summed E-state index contributed by atoms with van der Waals surface area (Å²) in [5.74, 6) is 0. The van der Waals surface area contributed by atoms with Crippen molar-refractivity contribution in [3.05, 3.63) is 59.4 Å². The number of halogens is 1. The van der Waals surface area contributed by atoms with Crippen LogP contribution in [0.5, 0.6) is 0 Å². The van der Waals surface area contributed by atoms with Crippen LogP contribution in [0.25, 0.3) is 16.6 Å². The van der Waals surface area contributed by atoms with Gasteiger partial charge in [0.1, 0.15) is 10.5 Å². The molecule has 3 aromatic rings. The Hall–Kier alpha value is -2.20. The average Bonchev–Trinajstić information content (AvgIpc) is 3.11. The topological polar surface area (TPSA) is 100 Å². The van der Waals surface area contributed by atoms with E-state index < -0.39 is 19.9 Å². The number of aromatic amines is 1. The van der Waals surface area contributed by atoms with Crippen LogP contribution in [0, 0.1) is 0 Å². The van der Waals surface area contributed by atoms with Crippen molar-refractivity contribution in [1.82, 2.24) is 14.3 Å². The molecule has 29 heavy (non-hydrogen) atoms. The van der Waals surface area contributed by atoms with Crippen LogP contribution in [0.1, 0.15) is 12.0 Å². The second kappa shape index (κ2) is 7.24. The number of nitrogens with zero attached hydrogens (tertiary/aromatic N) is 2. The van der Waals surface area contributed by atoms with Gasteiger partial charge in [-0.15, -0.1) is 0 Å². The Labute approximate surface area is 174 Å². The molecule has 0 spiro atoms. The number of benzene rings is 1. The molecule has 1 aliphatic heterocycles. The maximum Gasteiger partial charge on any atom is 0.244 e. The van der Waals surface area contributed by atoms with Crippen molar-refractivity contribution in [3.63, 3.8) is 0 Å². The molecule has 7 nitrogen and oxygen atoms in total. The molecule has 0 fully saturated rings. The number of aromatic nitrogens is 2. The molecule has 1 N–H and O–H groups in total. The summed E-state index contributed by atoms with van der Waals surface area (Å²) in [5, 5.41) is 0.980. The fourth-order valence-electron chi connectivity index (χ4n) is 3.39. The number of hydrogen-bond acceptors (Lipinski definition) is 5. The van der Waals surface area contributed by atoms with Crippen LogP contribution in [0.2, 0.25) is 5.02 Å². The van der Waals surface area contributed by atoms with Gasteiger partial charge in [-0.25, -0.2) is 21.8 Å². The van der Waals surface area contributed by atoms with E-state index in [1.165, 1.54) is 16.4 Å². The second-order valence-corrected chi connectivity index (χ2v) is 11.1. The predicted molar refractivity (Wildman–Crippen MR) is 112 cm³/mol. The molecule has 0 radical (unpaired) electrons. The van der Waals surface area contributed by atoms with Crippen molar-refractivity contribution in [2.24, 2.45) is 0 Å². The lowest BCUT2D eigenvalue weighted by atomic mass is 10.0. The van der Waals surface area contributed by atoms with Gasteiger partial charge in [-0.3, -0.25) is 0 Å². The van der Waals surface area contributed by atoms with Crippen LogP contribution < -0.4 is 0 Å². The Morgan fingerprint density at radius 2 is 1.97 bits per heavy atom. The number of nitrogens with one attached hydrogen (secondary N) is 1. The third-order valence-electron chi connectivity index (χ3n) is 4.92. The van der Waals surface area contributed by atoms with Crippen LogP contribution in [0.15, 0.2) is 58.6 Å². The van der Waals surface area contributed by atoms with Crippen molar-refractivity contribution >= 4 is 48.1 Å². The number of sulfonamides is 1. The van der Waals surface area contributed by atoms with Gasteiger partial charge in [0.05, 0.1) is 9.92 Å². The fourth-order valence-corrected chi connectivity index (χ4v) is 5.99. The van der Waals surface area contributed by atoms with Crippen LogP contribution >= 0.6 is 11.6 Å². The Morgan fingerprint density at radius 3 is 2.66 bits per heavy atom. The summed E-state index contributed by atoms with van der Waals surface area (Å²) in [7, 11) is -7.49. The van der Waals surface area contributed by atoms with Gasteiger partial charge in [0.25, 0.3) is 0 Å². The standard InChI is InChI=1S/C19H18ClN3O4S2/c1-28(24,25)14-4-5-17(20)18(11-14)29(26,27)23-9-6-13(7-10-23)16-12-22-19-15(16)3-2-8-21-19/h2-6,8,11-12H,7,9-10H2,1H3,(H,21,22). The van der Waals surface area contributed by atoms with E-state index in [1.54, 1.807) is 6.20 Å². The summed E-state index contributed by atoms with van der Waals surface area (Å²) < 4.78 is 51.1. The third-order valence-corrected chi connectivity index (χ3v) is 8.37. The highest BCUT2D eigenvalue weighted by atomic mass is 35.5. The molecule has 2 aromatic heterocycles. The maximum absolute atomic E-state index is 13.1. The molecular formula is C19H18ClN3O4S2. The molecule has 152 valence electrons. The van der Waals surface area contributed by atoms with Gasteiger partial charge in [0, 0.05) is 42.7 Å². The zero-order valence-electron chi connectivity index (χ0n) is 15.5. The highest BCUT2D eigenvalue weighted by Gasteiger charge is 2.29. The zero-order chi connectivity index (χ0) is 20.8. The number of sulfone groups is 1. The minimum Gasteiger partial charge on any atom is -0.346 e. The fraction of sp³-hybridized carbons (Fsp3) is 0.211. The van der Waals surface area contributed by atoms with E-state index in [-0.39, 0.29) is 27.9 Å². The van der Waals surface area contributed by atoms with Gasteiger partial charge in [0.15, 0.2) is 9.84 Å². The smallest absolute Gasteiger partial charge is 0.244 e. The quantitative estimate of drug-likeness (QED) is 0.656. The number of rotatable bonds is 4. The molecule has 0 saturated heterocycles. The van der Waals surface area contributed by atoms with Crippen molar-refractivity contribution in [2.75, 3.05) is 19.3 Å². The third kappa shape index (κ3) is 3.71. The predicted octanol–water partition coefficient (Wildman–Crippen LogP) is 3.10. The number of pyridine rings is 1.